The number of fused-ring (bicyclic) bond motifs is 1. The van der Waals surface area contributed by atoms with Crippen LogP contribution in [0.2, 0.25) is 0 Å². The van der Waals surface area contributed by atoms with Gasteiger partial charge in [-0.3, -0.25) is 4.79 Å². The number of benzene rings is 3. The van der Waals surface area contributed by atoms with Crippen LogP contribution in [0, 0.1) is 12.7 Å². The number of hydrogen-bond acceptors (Lipinski definition) is 5. The Morgan fingerprint density at radius 1 is 0.971 bits per heavy atom. The smallest absolute Gasteiger partial charge is 0.242 e. The number of carbonyl (C=O) groups is 1. The van der Waals surface area contributed by atoms with Crippen molar-refractivity contribution in [2.75, 3.05) is 26.2 Å². The maximum absolute atomic E-state index is 15.0. The van der Waals surface area contributed by atoms with Crippen LogP contribution in [0.4, 0.5) is 10.1 Å². The second-order valence-corrected chi connectivity index (χ2v) is 11.2. The van der Waals surface area contributed by atoms with Crippen molar-refractivity contribution in [3.63, 3.8) is 0 Å². The van der Waals surface area contributed by atoms with E-state index in [9.17, 15) is 13.2 Å². The third-order valence-corrected chi connectivity index (χ3v) is 8.43. The maximum Gasteiger partial charge on any atom is 0.242 e. The topological polar surface area (TPSA) is 84.9 Å². The van der Waals surface area contributed by atoms with E-state index in [0.717, 1.165) is 21.5 Å². The van der Waals surface area contributed by atoms with Crippen LogP contribution >= 0.6 is 0 Å². The van der Waals surface area contributed by atoms with Crippen molar-refractivity contribution >= 4 is 21.6 Å². The average Bonchev–Trinajstić information content (AvgIpc) is 3.51. The molecule has 3 aromatic rings. The number of rotatable bonds is 6. The first-order chi connectivity index (χ1) is 16.6. The molecule has 1 N–H and O–H groups in total. The molecule has 0 aromatic heterocycles. The molecule has 0 radical (unpaired) electrons. The molecule has 1 saturated carbocycles. The Kier molecular flexibility index (Phi) is 5.56. The highest BCUT2D eigenvalue weighted by Crippen LogP contribution is 2.51. The van der Waals surface area contributed by atoms with Crippen LogP contribution in [0.5, 0.6) is 11.5 Å². The van der Waals surface area contributed by atoms with Crippen LogP contribution < -0.4 is 14.8 Å². The molecule has 1 aliphatic carbocycles. The predicted molar refractivity (Wildman–Crippen MR) is 130 cm³/mol. The molecular formula is C26H25FN2O5S. The zero-order valence-corrected chi connectivity index (χ0v) is 20.4. The number of nitrogens with one attached hydrogen (secondary N) is 1. The Balaban J connectivity index is 1.42. The number of anilines is 1. The summed E-state index contributed by atoms with van der Waals surface area (Å²) < 4.78 is 51.6. The second kappa shape index (κ2) is 8.35. The molecule has 0 atom stereocenters. The largest absolute Gasteiger partial charge is 0.454 e. The van der Waals surface area contributed by atoms with Crippen LogP contribution in [-0.2, 0) is 20.2 Å². The Morgan fingerprint density at radius 3 is 2.40 bits per heavy atom. The SMILES string of the molecule is Cc1ccc(NC(=O)C2(c3ccc4c(c3)OCO4)CC2)cc1-c1ccc(S(=O)(=O)N(C)C)cc1F. The normalized spacial score (nSPS) is 15.8. The predicted octanol–water partition coefficient (Wildman–Crippen LogP) is 4.45. The molecule has 2 aliphatic rings. The Labute approximate surface area is 203 Å². The van der Waals surface area contributed by atoms with Gasteiger partial charge in [-0.15, -0.1) is 0 Å². The van der Waals surface area contributed by atoms with Crippen molar-refractivity contribution in [1.29, 1.82) is 0 Å². The van der Waals surface area contributed by atoms with Crippen LogP contribution in [-0.4, -0.2) is 39.5 Å². The van der Waals surface area contributed by atoms with Crippen molar-refractivity contribution in [1.82, 2.24) is 4.31 Å². The number of sulfonamides is 1. The van der Waals surface area contributed by atoms with E-state index in [-0.39, 0.29) is 23.2 Å². The summed E-state index contributed by atoms with van der Waals surface area (Å²) in [5.74, 6) is 0.506. The number of hydrogen-bond donors (Lipinski definition) is 1. The molecule has 0 bridgehead atoms. The summed E-state index contributed by atoms with van der Waals surface area (Å²) in [7, 11) is -0.960. The van der Waals surface area contributed by atoms with E-state index >= 15 is 4.39 Å². The van der Waals surface area contributed by atoms with Gasteiger partial charge in [0.15, 0.2) is 11.5 Å². The second-order valence-electron chi connectivity index (χ2n) is 9.06. The summed E-state index contributed by atoms with van der Waals surface area (Å²) in [6.07, 6.45) is 1.43. The lowest BCUT2D eigenvalue weighted by Gasteiger charge is -2.18. The lowest BCUT2D eigenvalue weighted by Crippen LogP contribution is -2.27. The van der Waals surface area contributed by atoms with Gasteiger partial charge in [0.1, 0.15) is 5.82 Å². The number of carbonyl (C=O) groups excluding carboxylic acids is 1. The molecule has 0 saturated heterocycles. The van der Waals surface area contributed by atoms with Crippen molar-refractivity contribution in [3.8, 4) is 22.6 Å². The fourth-order valence-corrected chi connectivity index (χ4v) is 5.21. The number of aryl methyl sites for hydroxylation is 1. The van der Waals surface area contributed by atoms with Crippen LogP contribution in [0.3, 0.4) is 0 Å². The first kappa shape index (κ1) is 23.3. The van der Waals surface area contributed by atoms with E-state index in [2.05, 4.69) is 5.32 Å². The highest BCUT2D eigenvalue weighted by atomic mass is 32.2. The van der Waals surface area contributed by atoms with Crippen LogP contribution in [0.1, 0.15) is 24.0 Å². The molecule has 0 unspecified atom stereocenters. The number of nitrogens with zero attached hydrogens (tertiary/aromatic N) is 1. The molecule has 1 heterocycles. The molecule has 1 amide bonds. The summed E-state index contributed by atoms with van der Waals surface area (Å²) in [5, 5.41) is 2.98. The van der Waals surface area contributed by atoms with Crippen LogP contribution in [0.15, 0.2) is 59.5 Å². The van der Waals surface area contributed by atoms with Gasteiger partial charge < -0.3 is 14.8 Å². The highest BCUT2D eigenvalue weighted by Gasteiger charge is 2.51. The van der Waals surface area contributed by atoms with E-state index in [4.69, 9.17) is 9.47 Å². The van der Waals surface area contributed by atoms with Crippen molar-refractivity contribution in [2.24, 2.45) is 0 Å². The Bertz CT molecular complexity index is 1450. The van der Waals surface area contributed by atoms with E-state index < -0.39 is 21.3 Å². The quantitative estimate of drug-likeness (QED) is 0.545. The molecule has 182 valence electrons. The first-order valence-electron chi connectivity index (χ1n) is 11.2. The molecule has 35 heavy (non-hydrogen) atoms. The number of halogens is 1. The average molecular weight is 497 g/mol. The standard InChI is InChI=1S/C26H25FN2O5S/c1-16-4-6-18(13-21(16)20-8-7-19(14-22(20)27)35(31,32)29(2)3)28-25(30)26(10-11-26)17-5-9-23-24(12-17)34-15-33-23/h4-9,12-14H,10-11,15H2,1-3H3,(H,28,30). The molecule has 7 nitrogen and oxygen atoms in total. The first-order valence-corrected chi connectivity index (χ1v) is 12.6. The van der Waals surface area contributed by atoms with E-state index in [1.165, 1.54) is 26.2 Å². The minimum Gasteiger partial charge on any atom is -0.454 e. The minimum absolute atomic E-state index is 0.120. The van der Waals surface area contributed by atoms with Gasteiger partial charge in [-0.2, -0.15) is 0 Å². The fraction of sp³-hybridized carbons (Fsp3) is 0.269. The lowest BCUT2D eigenvalue weighted by molar-refractivity contribution is -0.118. The van der Waals surface area contributed by atoms with Gasteiger partial charge in [0.25, 0.3) is 0 Å². The molecule has 1 fully saturated rings. The summed E-state index contributed by atoms with van der Waals surface area (Å²) in [4.78, 5) is 13.2. The van der Waals surface area contributed by atoms with Crippen LogP contribution in [0.25, 0.3) is 11.1 Å². The van der Waals surface area contributed by atoms with Gasteiger partial charge >= 0.3 is 0 Å². The summed E-state index contributed by atoms with van der Waals surface area (Å²) in [6, 6.07) is 14.7. The Hall–Kier alpha value is -3.43. The fourth-order valence-electron chi connectivity index (χ4n) is 4.29. The molecule has 1 aliphatic heterocycles. The van der Waals surface area contributed by atoms with E-state index in [1.54, 1.807) is 18.2 Å². The summed E-state index contributed by atoms with van der Waals surface area (Å²) in [6.45, 7) is 2.00. The lowest BCUT2D eigenvalue weighted by atomic mass is 9.94. The molecular weight excluding hydrogens is 471 g/mol. The van der Waals surface area contributed by atoms with Crippen molar-refractivity contribution < 1.29 is 27.1 Å². The van der Waals surface area contributed by atoms with Gasteiger partial charge in [-0.05, 0) is 72.9 Å². The zero-order chi connectivity index (χ0) is 25.0. The number of ether oxygens (including phenoxy) is 2. The van der Waals surface area contributed by atoms with Gasteiger partial charge in [0.2, 0.25) is 22.7 Å². The molecule has 9 heteroatoms. The van der Waals surface area contributed by atoms with Gasteiger partial charge in [-0.1, -0.05) is 18.2 Å². The monoisotopic (exact) mass is 496 g/mol. The third kappa shape index (κ3) is 4.04. The minimum atomic E-state index is -3.75. The van der Waals surface area contributed by atoms with Gasteiger partial charge in [0.05, 0.1) is 10.3 Å². The molecule has 3 aromatic carbocycles. The summed E-state index contributed by atoms with van der Waals surface area (Å²) in [5.41, 5.74) is 2.39. The van der Waals surface area contributed by atoms with E-state index in [0.29, 0.717) is 35.6 Å². The molecule has 0 spiro atoms. The van der Waals surface area contributed by atoms with E-state index in [1.807, 2.05) is 25.1 Å². The summed E-state index contributed by atoms with van der Waals surface area (Å²) >= 11 is 0. The maximum atomic E-state index is 15.0. The van der Waals surface area contributed by atoms with Crippen molar-refractivity contribution in [3.05, 3.63) is 71.5 Å². The molecule has 5 rings (SSSR count). The van der Waals surface area contributed by atoms with Gasteiger partial charge in [0, 0.05) is 25.3 Å². The zero-order valence-electron chi connectivity index (χ0n) is 19.6. The highest BCUT2D eigenvalue weighted by molar-refractivity contribution is 7.89. The Morgan fingerprint density at radius 2 is 1.71 bits per heavy atom. The third-order valence-electron chi connectivity index (χ3n) is 6.61. The number of amides is 1. The van der Waals surface area contributed by atoms with Gasteiger partial charge in [-0.25, -0.2) is 17.1 Å². The van der Waals surface area contributed by atoms with Crippen molar-refractivity contribution in [2.45, 2.75) is 30.1 Å².